The van der Waals surface area contributed by atoms with Crippen LogP contribution in [0, 0.1) is 11.8 Å². The lowest BCUT2D eigenvalue weighted by molar-refractivity contribution is -0.142. The highest BCUT2D eigenvalue weighted by Crippen LogP contribution is 2.47. The molecule has 2 aliphatic heterocycles. The van der Waals surface area contributed by atoms with E-state index in [4.69, 9.17) is 9.47 Å². The number of carbonyl (C=O) groups excluding carboxylic acids is 1. The van der Waals surface area contributed by atoms with Crippen LogP contribution >= 0.6 is 0 Å². The second-order valence-corrected chi connectivity index (χ2v) is 6.54. The van der Waals surface area contributed by atoms with Crippen molar-refractivity contribution in [1.29, 1.82) is 0 Å². The molecule has 0 aromatic heterocycles. The van der Waals surface area contributed by atoms with Crippen LogP contribution in [0.3, 0.4) is 0 Å². The fourth-order valence-electron chi connectivity index (χ4n) is 3.55. The summed E-state index contributed by atoms with van der Waals surface area (Å²) >= 11 is 0. The number of aliphatic hydroxyl groups is 2. The Balaban J connectivity index is 1.95. The average molecular weight is 282 g/mol. The van der Waals surface area contributed by atoms with Crippen molar-refractivity contribution in [2.24, 2.45) is 11.8 Å². The highest BCUT2D eigenvalue weighted by molar-refractivity contribution is 5.75. The maximum absolute atomic E-state index is 11.8. The topological polar surface area (TPSA) is 79.3 Å². The molecule has 2 saturated heterocycles. The van der Waals surface area contributed by atoms with E-state index in [-0.39, 0.29) is 12.1 Å². The van der Waals surface area contributed by atoms with Gasteiger partial charge in [-0.25, -0.2) is 0 Å². The average Bonchev–Trinajstić information content (AvgIpc) is 2.98. The molecule has 112 valence electrons. The molecule has 20 heavy (non-hydrogen) atoms. The smallest absolute Gasteiger partial charge is 0.309 e. The maximum atomic E-state index is 11.8. The van der Waals surface area contributed by atoms with Crippen molar-refractivity contribution >= 4 is 5.97 Å². The molecule has 0 unspecified atom stereocenters. The number of allylic oxidation sites excluding steroid dienone is 1. The van der Waals surface area contributed by atoms with Crippen molar-refractivity contribution in [2.45, 2.75) is 63.6 Å². The summed E-state index contributed by atoms with van der Waals surface area (Å²) in [6.07, 6.45) is 1.05. The number of ether oxygens (including phenoxy) is 2. The van der Waals surface area contributed by atoms with Gasteiger partial charge in [-0.1, -0.05) is 12.5 Å². The zero-order valence-electron chi connectivity index (χ0n) is 12.1. The summed E-state index contributed by atoms with van der Waals surface area (Å²) in [6, 6.07) is 0. The Kier molecular flexibility index (Phi) is 3.19. The predicted molar refractivity (Wildman–Crippen MR) is 70.8 cm³/mol. The number of epoxide rings is 1. The summed E-state index contributed by atoms with van der Waals surface area (Å²) in [6.45, 7) is 5.56. The highest BCUT2D eigenvalue weighted by atomic mass is 16.6. The van der Waals surface area contributed by atoms with Gasteiger partial charge in [-0.05, 0) is 32.8 Å². The Morgan fingerprint density at radius 1 is 1.40 bits per heavy atom. The summed E-state index contributed by atoms with van der Waals surface area (Å²) < 4.78 is 11.0. The molecule has 2 N–H and O–H groups in total. The lowest BCUT2D eigenvalue weighted by Gasteiger charge is -2.30. The zero-order valence-corrected chi connectivity index (χ0v) is 12.1. The van der Waals surface area contributed by atoms with Gasteiger partial charge in [0.25, 0.3) is 0 Å². The van der Waals surface area contributed by atoms with Gasteiger partial charge in [-0.2, -0.15) is 0 Å². The van der Waals surface area contributed by atoms with Crippen LogP contribution in [0.5, 0.6) is 0 Å². The molecule has 0 bridgehead atoms. The monoisotopic (exact) mass is 282 g/mol. The van der Waals surface area contributed by atoms with Crippen molar-refractivity contribution in [3.05, 3.63) is 11.6 Å². The Bertz CT molecular complexity index is 459. The van der Waals surface area contributed by atoms with Gasteiger partial charge in [0.15, 0.2) is 0 Å². The van der Waals surface area contributed by atoms with Crippen LogP contribution in [0.2, 0.25) is 0 Å². The van der Waals surface area contributed by atoms with Crippen LogP contribution in [0.1, 0.15) is 33.6 Å². The Labute approximate surface area is 118 Å². The second kappa shape index (κ2) is 4.55. The lowest BCUT2D eigenvalue weighted by atomic mass is 9.78. The molecule has 0 saturated carbocycles. The van der Waals surface area contributed by atoms with Crippen LogP contribution in [0.25, 0.3) is 0 Å². The quantitative estimate of drug-likeness (QED) is 0.390. The van der Waals surface area contributed by atoms with E-state index in [0.717, 1.165) is 18.4 Å². The van der Waals surface area contributed by atoms with Crippen LogP contribution in [-0.4, -0.2) is 46.2 Å². The molecular weight excluding hydrogens is 260 g/mol. The number of rotatable bonds is 0. The maximum Gasteiger partial charge on any atom is 0.309 e. The van der Waals surface area contributed by atoms with E-state index in [9.17, 15) is 15.0 Å². The van der Waals surface area contributed by atoms with E-state index in [0.29, 0.717) is 0 Å². The van der Waals surface area contributed by atoms with Crippen molar-refractivity contribution in [2.75, 3.05) is 0 Å². The number of esters is 1. The molecule has 0 amide bonds. The van der Waals surface area contributed by atoms with Gasteiger partial charge >= 0.3 is 5.97 Å². The van der Waals surface area contributed by atoms with Crippen molar-refractivity contribution < 1.29 is 24.5 Å². The van der Waals surface area contributed by atoms with Gasteiger partial charge in [-0.3, -0.25) is 4.79 Å². The largest absolute Gasteiger partial charge is 0.457 e. The van der Waals surface area contributed by atoms with Crippen LogP contribution < -0.4 is 0 Å². The normalized spacial score (nSPS) is 54.2. The van der Waals surface area contributed by atoms with Gasteiger partial charge in [0.05, 0.1) is 18.1 Å². The van der Waals surface area contributed by atoms with E-state index in [1.165, 1.54) is 0 Å². The second-order valence-electron chi connectivity index (χ2n) is 6.54. The first-order chi connectivity index (χ1) is 9.34. The Morgan fingerprint density at radius 2 is 2.10 bits per heavy atom. The molecule has 0 aromatic rings. The molecule has 0 radical (unpaired) electrons. The molecule has 0 spiro atoms. The summed E-state index contributed by atoms with van der Waals surface area (Å²) in [7, 11) is 0. The lowest BCUT2D eigenvalue weighted by Crippen LogP contribution is -2.47. The fraction of sp³-hybridized carbons (Fsp3) is 0.800. The van der Waals surface area contributed by atoms with Crippen molar-refractivity contribution in [1.82, 2.24) is 0 Å². The van der Waals surface area contributed by atoms with Crippen molar-refractivity contribution in [3.8, 4) is 0 Å². The van der Waals surface area contributed by atoms with Crippen molar-refractivity contribution in [3.63, 3.8) is 0 Å². The van der Waals surface area contributed by atoms with E-state index in [2.05, 4.69) is 0 Å². The third kappa shape index (κ3) is 2.00. The predicted octanol–water partition coefficient (Wildman–Crippen LogP) is 0.783. The molecule has 5 nitrogen and oxygen atoms in total. The first-order valence-electron chi connectivity index (χ1n) is 7.26. The number of fused-ring (bicyclic) bond motifs is 2. The van der Waals surface area contributed by atoms with Crippen LogP contribution in [0.4, 0.5) is 0 Å². The van der Waals surface area contributed by atoms with Crippen LogP contribution in [0.15, 0.2) is 11.6 Å². The van der Waals surface area contributed by atoms with E-state index in [1.807, 2.05) is 19.9 Å². The number of aliphatic hydroxyl groups excluding tert-OH is 2. The zero-order chi connectivity index (χ0) is 14.7. The third-order valence-electron chi connectivity index (χ3n) is 5.11. The van der Waals surface area contributed by atoms with Gasteiger partial charge in [0.1, 0.15) is 17.8 Å². The summed E-state index contributed by atoms with van der Waals surface area (Å²) in [5, 5.41) is 20.9. The standard InChI is InChI=1S/C15H22O5/c1-7-4-5-10-15(3,20-10)13(17)12(16)11-8(2)14(18)19-9(11)6-7/h6,8-13,16-17H,4-5H2,1-3H3/b7-6+/t8-,9-,10-,11+,12+,13+,15+/m1/s1. The SMILES string of the molecule is C/C1=C\[C@H]2OC(=O)[C@H](C)[C@@H]2[C@H](O)[C@H](O)[C@@]2(C)O[C@@H]2CC1. The Morgan fingerprint density at radius 3 is 2.80 bits per heavy atom. The molecule has 5 heteroatoms. The van der Waals surface area contributed by atoms with E-state index >= 15 is 0 Å². The minimum absolute atomic E-state index is 0.0274. The molecule has 3 rings (SSSR count). The molecule has 1 aliphatic carbocycles. The molecule has 7 atom stereocenters. The van der Waals surface area contributed by atoms with Crippen LogP contribution in [-0.2, 0) is 14.3 Å². The van der Waals surface area contributed by atoms with E-state index < -0.39 is 35.7 Å². The molecular formula is C15H22O5. The van der Waals surface area contributed by atoms with E-state index in [1.54, 1.807) is 6.92 Å². The summed E-state index contributed by atoms with van der Waals surface area (Å²) in [4.78, 5) is 11.8. The number of carbonyl (C=O) groups is 1. The Hall–Kier alpha value is -0.910. The molecule has 2 fully saturated rings. The fourth-order valence-corrected chi connectivity index (χ4v) is 3.55. The highest BCUT2D eigenvalue weighted by Gasteiger charge is 2.61. The molecule has 2 heterocycles. The van der Waals surface area contributed by atoms with Gasteiger partial charge < -0.3 is 19.7 Å². The molecule has 3 aliphatic rings. The minimum Gasteiger partial charge on any atom is -0.457 e. The summed E-state index contributed by atoms with van der Waals surface area (Å²) in [5.74, 6) is -1.16. The number of hydrogen-bond acceptors (Lipinski definition) is 5. The van der Waals surface area contributed by atoms with Gasteiger partial charge in [0.2, 0.25) is 0 Å². The van der Waals surface area contributed by atoms with Gasteiger partial charge in [0, 0.05) is 5.92 Å². The minimum atomic E-state index is -1.03. The molecule has 0 aromatic carbocycles. The third-order valence-corrected chi connectivity index (χ3v) is 5.11. The number of hydrogen-bond donors (Lipinski definition) is 2. The van der Waals surface area contributed by atoms with Gasteiger partial charge in [-0.15, -0.1) is 0 Å². The first-order valence-corrected chi connectivity index (χ1v) is 7.26. The first kappa shape index (κ1) is 14.0. The summed E-state index contributed by atoms with van der Waals surface area (Å²) in [5.41, 5.74) is 0.427.